The normalized spacial score (nSPS) is 21.3. The molecular weight excluding hydrogens is 232 g/mol. The minimum atomic E-state index is -0.898. The minimum Gasteiger partial charge on any atom is -0.481 e. The Morgan fingerprint density at radius 2 is 2.00 bits per heavy atom. The fourth-order valence-corrected chi connectivity index (χ4v) is 2.26. The standard InChI is InChI=1S/C13H24N2O3/c1-10-5-4-7-15(8-6-10)12(18)14-13(2,3)9-11(16)17/h10H,4-9H2,1-3H3,(H,14,18)(H,16,17). The third kappa shape index (κ3) is 4.94. The lowest BCUT2D eigenvalue weighted by Crippen LogP contribution is -2.51. The summed E-state index contributed by atoms with van der Waals surface area (Å²) < 4.78 is 0. The molecule has 0 aliphatic carbocycles. The van der Waals surface area contributed by atoms with Crippen molar-refractivity contribution in [2.75, 3.05) is 13.1 Å². The van der Waals surface area contributed by atoms with E-state index in [-0.39, 0.29) is 12.5 Å². The first-order chi connectivity index (χ1) is 8.30. The second kappa shape index (κ2) is 6.07. The number of carbonyl (C=O) groups excluding carboxylic acids is 1. The zero-order valence-electron chi connectivity index (χ0n) is 11.5. The van der Waals surface area contributed by atoms with Gasteiger partial charge in [0.25, 0.3) is 0 Å². The number of urea groups is 1. The molecule has 1 unspecified atom stereocenters. The molecule has 1 atom stereocenters. The van der Waals surface area contributed by atoms with Crippen molar-refractivity contribution in [2.45, 2.75) is 52.0 Å². The molecule has 2 N–H and O–H groups in total. The molecule has 5 nitrogen and oxygen atoms in total. The molecule has 0 aromatic rings. The van der Waals surface area contributed by atoms with E-state index < -0.39 is 11.5 Å². The molecule has 0 aromatic carbocycles. The van der Waals surface area contributed by atoms with Gasteiger partial charge in [0.15, 0.2) is 0 Å². The van der Waals surface area contributed by atoms with E-state index in [9.17, 15) is 9.59 Å². The first-order valence-corrected chi connectivity index (χ1v) is 6.59. The highest BCUT2D eigenvalue weighted by molar-refractivity contribution is 5.76. The molecule has 0 bridgehead atoms. The van der Waals surface area contributed by atoms with Crippen molar-refractivity contribution in [2.24, 2.45) is 5.92 Å². The summed E-state index contributed by atoms with van der Waals surface area (Å²) in [7, 11) is 0. The van der Waals surface area contributed by atoms with Crippen LogP contribution in [0.5, 0.6) is 0 Å². The molecule has 1 rings (SSSR count). The largest absolute Gasteiger partial charge is 0.481 e. The third-order valence-corrected chi connectivity index (χ3v) is 3.34. The number of likely N-dealkylation sites (tertiary alicyclic amines) is 1. The van der Waals surface area contributed by atoms with Crippen molar-refractivity contribution in [3.05, 3.63) is 0 Å². The highest BCUT2D eigenvalue weighted by Gasteiger charge is 2.27. The zero-order valence-corrected chi connectivity index (χ0v) is 11.5. The second-order valence-corrected chi connectivity index (χ2v) is 5.91. The van der Waals surface area contributed by atoms with Crippen molar-refractivity contribution in [3.63, 3.8) is 0 Å². The predicted octanol–water partition coefficient (Wildman–Crippen LogP) is 2.07. The number of nitrogens with zero attached hydrogens (tertiary/aromatic N) is 1. The molecule has 104 valence electrons. The van der Waals surface area contributed by atoms with Crippen molar-refractivity contribution >= 4 is 12.0 Å². The summed E-state index contributed by atoms with van der Waals surface area (Å²) in [6.07, 6.45) is 3.13. The molecule has 1 saturated heterocycles. The van der Waals surface area contributed by atoms with Gasteiger partial charge in [-0.3, -0.25) is 4.79 Å². The van der Waals surface area contributed by atoms with Gasteiger partial charge >= 0.3 is 12.0 Å². The van der Waals surface area contributed by atoms with Crippen LogP contribution in [0.3, 0.4) is 0 Å². The van der Waals surface area contributed by atoms with Gasteiger partial charge in [-0.2, -0.15) is 0 Å². The zero-order chi connectivity index (χ0) is 13.8. The van der Waals surface area contributed by atoms with Crippen LogP contribution in [-0.4, -0.2) is 40.6 Å². The van der Waals surface area contributed by atoms with Gasteiger partial charge < -0.3 is 15.3 Å². The Kier molecular flexibility index (Phi) is 4.99. The SMILES string of the molecule is CC1CCCN(C(=O)NC(C)(C)CC(=O)O)CC1. The van der Waals surface area contributed by atoms with Gasteiger partial charge in [0.2, 0.25) is 0 Å². The highest BCUT2D eigenvalue weighted by Crippen LogP contribution is 2.17. The van der Waals surface area contributed by atoms with Crippen LogP contribution in [0.25, 0.3) is 0 Å². The molecule has 1 fully saturated rings. The lowest BCUT2D eigenvalue weighted by molar-refractivity contribution is -0.138. The first kappa shape index (κ1) is 14.8. The van der Waals surface area contributed by atoms with Crippen molar-refractivity contribution < 1.29 is 14.7 Å². The van der Waals surface area contributed by atoms with Crippen molar-refractivity contribution in [3.8, 4) is 0 Å². The minimum absolute atomic E-state index is 0.0665. The van der Waals surface area contributed by atoms with E-state index >= 15 is 0 Å². The van der Waals surface area contributed by atoms with Gasteiger partial charge in [-0.25, -0.2) is 4.79 Å². The predicted molar refractivity (Wildman–Crippen MR) is 69.5 cm³/mol. The maximum atomic E-state index is 12.1. The van der Waals surface area contributed by atoms with Crippen LogP contribution in [-0.2, 0) is 4.79 Å². The molecule has 18 heavy (non-hydrogen) atoms. The van der Waals surface area contributed by atoms with E-state index in [2.05, 4.69) is 12.2 Å². The van der Waals surface area contributed by atoms with E-state index in [0.29, 0.717) is 5.92 Å². The number of rotatable bonds is 3. The Bertz CT molecular complexity index is 315. The number of aliphatic carboxylic acids is 1. The number of hydrogen-bond donors (Lipinski definition) is 2. The summed E-state index contributed by atoms with van der Waals surface area (Å²) in [5, 5.41) is 11.6. The Hall–Kier alpha value is -1.26. The van der Waals surface area contributed by atoms with Gasteiger partial charge in [-0.05, 0) is 39.0 Å². The summed E-state index contributed by atoms with van der Waals surface area (Å²) in [5.74, 6) is -0.236. The van der Waals surface area contributed by atoms with E-state index in [1.54, 1.807) is 18.7 Å². The Morgan fingerprint density at radius 1 is 1.33 bits per heavy atom. The molecule has 0 saturated carbocycles. The first-order valence-electron chi connectivity index (χ1n) is 6.59. The van der Waals surface area contributed by atoms with Crippen LogP contribution in [0.4, 0.5) is 4.79 Å². The summed E-state index contributed by atoms with van der Waals surface area (Å²) in [6.45, 7) is 7.20. The summed E-state index contributed by atoms with van der Waals surface area (Å²) in [4.78, 5) is 24.6. The highest BCUT2D eigenvalue weighted by atomic mass is 16.4. The number of carboxylic acid groups (broad SMARTS) is 1. The Balaban J connectivity index is 2.51. The number of hydrogen-bond acceptors (Lipinski definition) is 2. The van der Waals surface area contributed by atoms with Crippen LogP contribution >= 0.6 is 0 Å². The lowest BCUT2D eigenvalue weighted by atomic mass is 10.0. The van der Waals surface area contributed by atoms with Crippen LogP contribution in [0.1, 0.15) is 46.5 Å². The quantitative estimate of drug-likeness (QED) is 0.812. The number of nitrogens with one attached hydrogen (secondary N) is 1. The Morgan fingerprint density at radius 3 is 2.61 bits per heavy atom. The van der Waals surface area contributed by atoms with Gasteiger partial charge in [0, 0.05) is 18.6 Å². The van der Waals surface area contributed by atoms with E-state index in [1.165, 1.54) is 0 Å². The number of carbonyl (C=O) groups is 2. The maximum absolute atomic E-state index is 12.1. The number of carboxylic acids is 1. The van der Waals surface area contributed by atoms with Crippen LogP contribution in [0.2, 0.25) is 0 Å². The molecule has 2 amide bonds. The average molecular weight is 256 g/mol. The lowest BCUT2D eigenvalue weighted by Gasteiger charge is -2.29. The Labute approximate surface area is 109 Å². The molecule has 5 heteroatoms. The monoisotopic (exact) mass is 256 g/mol. The second-order valence-electron chi connectivity index (χ2n) is 5.91. The third-order valence-electron chi connectivity index (χ3n) is 3.34. The van der Waals surface area contributed by atoms with Gasteiger partial charge in [0.1, 0.15) is 0 Å². The van der Waals surface area contributed by atoms with Crippen LogP contribution < -0.4 is 5.32 Å². The summed E-state index contributed by atoms with van der Waals surface area (Å²) in [6, 6.07) is -0.143. The summed E-state index contributed by atoms with van der Waals surface area (Å²) >= 11 is 0. The fourth-order valence-electron chi connectivity index (χ4n) is 2.26. The maximum Gasteiger partial charge on any atom is 0.317 e. The van der Waals surface area contributed by atoms with E-state index in [4.69, 9.17) is 5.11 Å². The molecule has 1 aliphatic heterocycles. The molecule has 1 aliphatic rings. The van der Waals surface area contributed by atoms with Crippen LogP contribution in [0.15, 0.2) is 0 Å². The van der Waals surface area contributed by atoms with E-state index in [1.807, 2.05) is 0 Å². The number of amides is 2. The van der Waals surface area contributed by atoms with Gasteiger partial charge in [-0.15, -0.1) is 0 Å². The van der Waals surface area contributed by atoms with Crippen molar-refractivity contribution in [1.82, 2.24) is 10.2 Å². The fraction of sp³-hybridized carbons (Fsp3) is 0.846. The molecule has 0 aromatic heterocycles. The summed E-state index contributed by atoms with van der Waals surface area (Å²) in [5.41, 5.74) is -0.708. The van der Waals surface area contributed by atoms with Crippen LogP contribution in [0, 0.1) is 5.92 Å². The van der Waals surface area contributed by atoms with Gasteiger partial charge in [0.05, 0.1) is 6.42 Å². The van der Waals surface area contributed by atoms with Gasteiger partial charge in [-0.1, -0.05) is 6.92 Å². The molecule has 1 heterocycles. The van der Waals surface area contributed by atoms with E-state index in [0.717, 1.165) is 32.4 Å². The smallest absolute Gasteiger partial charge is 0.317 e. The topological polar surface area (TPSA) is 69.6 Å². The molecule has 0 radical (unpaired) electrons. The average Bonchev–Trinajstić information content (AvgIpc) is 2.39. The molecule has 0 spiro atoms. The molecular formula is C13H24N2O3. The van der Waals surface area contributed by atoms with Crippen molar-refractivity contribution in [1.29, 1.82) is 0 Å².